The number of amides is 10. The highest BCUT2D eigenvalue weighted by Crippen LogP contribution is 2.53. The van der Waals surface area contributed by atoms with Gasteiger partial charge in [0.05, 0.1) is 84.9 Å². The molecule has 8 heterocycles. The second kappa shape index (κ2) is 43.1. The van der Waals surface area contributed by atoms with E-state index >= 15 is 0 Å². The zero-order valence-electron chi connectivity index (χ0n) is 74.1. The van der Waals surface area contributed by atoms with Crippen LogP contribution >= 0.6 is 46.4 Å². The number of hydrogen-bond donors (Lipinski definition) is 6. The van der Waals surface area contributed by atoms with Gasteiger partial charge in [-0.25, -0.2) is 14.4 Å². The first-order chi connectivity index (χ1) is 61.6. The van der Waals surface area contributed by atoms with Crippen LogP contribution in [0, 0.1) is 11.8 Å². The maximum atomic E-state index is 14.2. The number of anilines is 6. The summed E-state index contributed by atoms with van der Waals surface area (Å²) < 4.78 is 58.7. The summed E-state index contributed by atoms with van der Waals surface area (Å²) in [5.74, 6) is -5.85. The summed E-state index contributed by atoms with van der Waals surface area (Å²) in [4.78, 5) is 175. The Bertz CT molecular complexity index is 5180. The van der Waals surface area contributed by atoms with E-state index in [0.717, 1.165) is 27.2 Å². The Morgan fingerprint density at radius 2 is 0.938 bits per heavy atom. The van der Waals surface area contributed by atoms with Gasteiger partial charge in [-0.3, -0.25) is 63.5 Å². The van der Waals surface area contributed by atoms with Crippen LogP contribution in [0.1, 0.15) is 155 Å². The number of nitrogens with one attached hydrogen (secondary N) is 4. The molecule has 4 aromatic carbocycles. The van der Waals surface area contributed by atoms with Gasteiger partial charge in [0.15, 0.2) is 0 Å². The summed E-state index contributed by atoms with van der Waals surface area (Å²) >= 11 is 26.7. The highest BCUT2D eigenvalue weighted by Gasteiger charge is 2.66. The minimum Gasteiger partial charge on any atom is -0.495 e. The second-order valence-electron chi connectivity index (χ2n) is 34.0. The molecular weight excluding hydrogens is 1770 g/mol. The molecular formula is C92H108Cl4N8O26. The molecule has 38 heteroatoms. The third-order valence-corrected chi connectivity index (χ3v) is 25.7. The Hall–Kier alpha value is -10.8. The number of halogens is 4. The van der Waals surface area contributed by atoms with E-state index in [1.807, 2.05) is 26.0 Å². The van der Waals surface area contributed by atoms with Crippen molar-refractivity contribution >= 4 is 158 Å². The number of esters is 2. The van der Waals surface area contributed by atoms with Crippen LogP contribution in [0.5, 0.6) is 11.5 Å². The van der Waals surface area contributed by atoms with Crippen LogP contribution in [-0.4, -0.2) is 218 Å². The number of carbonyl (C=O) groups excluding carboxylic acids is 13. The van der Waals surface area contributed by atoms with Gasteiger partial charge < -0.3 is 82.9 Å². The summed E-state index contributed by atoms with van der Waals surface area (Å²) in [5.41, 5.74) is -0.693. The van der Waals surface area contributed by atoms with Crippen molar-refractivity contribution in [2.75, 3.05) is 80.1 Å². The number of hydrogen-bond acceptors (Lipinski definition) is 26. The number of allylic oxidation sites excluding steroid dienone is 6. The highest BCUT2D eigenvalue weighted by molar-refractivity contribution is 6.36. The molecule has 0 unspecified atom stereocenters. The molecule has 0 saturated carbocycles. The van der Waals surface area contributed by atoms with Crippen molar-refractivity contribution in [2.24, 2.45) is 11.8 Å². The molecule has 8 aliphatic rings. The number of carbonyl (C=O) groups is 13. The van der Waals surface area contributed by atoms with Crippen molar-refractivity contribution in [1.82, 2.24) is 9.96 Å². The van der Waals surface area contributed by atoms with E-state index in [1.54, 1.807) is 96.4 Å². The first kappa shape index (κ1) is 99.8. The number of ether oxygens (including phenoxy) is 10. The first-order valence-corrected chi connectivity index (χ1v) is 44.0. The number of hydroxylamine groups is 2. The Balaban J connectivity index is 0.000000251. The van der Waals surface area contributed by atoms with Crippen molar-refractivity contribution in [1.29, 1.82) is 0 Å². The molecule has 0 aromatic heterocycles. The molecule has 8 bridgehead atoms. The average Bonchev–Trinajstić information content (AvgIpc) is 1.57. The molecule has 8 aliphatic heterocycles. The van der Waals surface area contributed by atoms with E-state index in [0.29, 0.717) is 77.8 Å². The zero-order chi connectivity index (χ0) is 94.6. The average molecular weight is 1880 g/mol. The van der Waals surface area contributed by atoms with Crippen LogP contribution in [0.25, 0.3) is 0 Å². The van der Waals surface area contributed by atoms with Gasteiger partial charge in [-0.2, -0.15) is 0 Å². The molecule has 4 aromatic rings. The summed E-state index contributed by atoms with van der Waals surface area (Å²) in [5, 5.41) is 35.5. The predicted octanol–water partition coefficient (Wildman–Crippen LogP) is 13.1. The van der Waals surface area contributed by atoms with E-state index in [-0.39, 0.29) is 139 Å². The van der Waals surface area contributed by atoms with E-state index in [2.05, 4.69) is 21.3 Å². The van der Waals surface area contributed by atoms with Crippen LogP contribution in [0.3, 0.4) is 0 Å². The quantitative estimate of drug-likeness (QED) is 0.0140. The molecule has 5 fully saturated rings. The third kappa shape index (κ3) is 24.5. The van der Waals surface area contributed by atoms with Gasteiger partial charge in [0, 0.05) is 115 Å². The zero-order valence-corrected chi connectivity index (χ0v) is 77.1. The molecule has 0 spiro atoms. The van der Waals surface area contributed by atoms with Gasteiger partial charge in [-0.1, -0.05) is 114 Å². The molecule has 14 atom stereocenters. The fourth-order valence-corrected chi connectivity index (χ4v) is 17.9. The monoisotopic (exact) mass is 1880 g/mol. The minimum atomic E-state index is -1.63. The summed E-state index contributed by atoms with van der Waals surface area (Å²) in [6.45, 7) is 11.1. The van der Waals surface area contributed by atoms with Crippen LogP contribution in [0.4, 0.5) is 43.7 Å². The number of aliphatic hydroxyl groups is 2. The molecule has 5 saturated heterocycles. The predicted molar refractivity (Wildman–Crippen MR) is 478 cm³/mol. The fraction of sp³-hybridized carbons (Fsp3) is 0.489. The lowest BCUT2D eigenvalue weighted by Crippen LogP contribution is -2.53. The SMILES string of the molecule is COc1cc2cc(c1Cl)N(C)C(=O)C[C@H](OC(=O)Nc1ccc(NC(=O)CCCCC(=O)ON3C(=O)CCC3=O)cc1Cl)[C@]1(C)O[C@H]1[C@H](C)[C@@H]1C[C@@](O)(CC(=O)O1)[C@H](OC)/C=C/C=C(\C)C2.COc1cc2cc(c1Cl)N(C)C(=O)C[C@H](OC(=O)Nc1ccc(NC(=O)CCCCCN3C(=O)C=CC3=O)cc1Cl)[C@]1(C)O[C@H]1[C@H](C)[C@@H]1C[C@@](O)(CC(=O)O1)[C@H](OC)/C=C/C=C(\C)C2. The molecule has 12 rings (SSSR count). The number of nitrogens with zero attached hydrogens (tertiary/aromatic N) is 4. The highest BCUT2D eigenvalue weighted by atomic mass is 35.5. The van der Waals surface area contributed by atoms with Gasteiger partial charge >= 0.3 is 30.1 Å². The van der Waals surface area contributed by atoms with E-state index in [1.165, 1.54) is 80.7 Å². The van der Waals surface area contributed by atoms with Gasteiger partial charge in [0.1, 0.15) is 80.6 Å². The van der Waals surface area contributed by atoms with Crippen LogP contribution in [0.15, 0.2) is 120 Å². The lowest BCUT2D eigenvalue weighted by Gasteiger charge is -2.41. The summed E-state index contributed by atoms with van der Waals surface area (Å²) in [6.07, 6.45) is 5.89. The summed E-state index contributed by atoms with van der Waals surface area (Å²) in [6, 6.07) is 16.0. The van der Waals surface area contributed by atoms with Gasteiger partial charge in [0.2, 0.25) is 23.6 Å². The molecule has 0 aliphatic carbocycles. The lowest BCUT2D eigenvalue weighted by atomic mass is 9.78. The number of fused-ring (bicyclic) bond motifs is 10. The van der Waals surface area contributed by atoms with Gasteiger partial charge in [-0.15, -0.1) is 5.06 Å². The van der Waals surface area contributed by atoms with Crippen molar-refractivity contribution in [2.45, 2.75) is 228 Å². The van der Waals surface area contributed by atoms with Crippen molar-refractivity contribution < 1.29 is 125 Å². The fourth-order valence-electron chi connectivity index (χ4n) is 16.8. The van der Waals surface area contributed by atoms with Crippen LogP contribution < -0.4 is 40.5 Å². The second-order valence-corrected chi connectivity index (χ2v) is 35.5. The number of rotatable bonds is 22. The van der Waals surface area contributed by atoms with E-state index in [9.17, 15) is 72.5 Å². The summed E-state index contributed by atoms with van der Waals surface area (Å²) in [7, 11) is 8.95. The molecule has 700 valence electrons. The van der Waals surface area contributed by atoms with Crippen LogP contribution in [-0.2, 0) is 108 Å². The molecule has 6 N–H and O–H groups in total. The van der Waals surface area contributed by atoms with E-state index < -0.39 is 137 Å². The number of methoxy groups -OCH3 is 4. The Morgan fingerprint density at radius 3 is 1.34 bits per heavy atom. The smallest absolute Gasteiger partial charge is 0.412 e. The number of imide groups is 2. The van der Waals surface area contributed by atoms with Gasteiger partial charge in [-0.05, 0) is 138 Å². The standard InChI is InChI=1S/C46H54Cl2N4O14.C46H54Cl2N4O12/c1-25-10-9-11-34(62-6)46(60)23-33(63-41(58)24-46)26(2)43-45(3,65-43)35(22-39(56)51(4)31-19-27(18-25)20-32(61-5)42(31)48)64-44(59)50-30-15-14-28(21-29(30)47)49-36(53)12-7-8-13-40(57)66-52-37(54)16-17-38(52)55;1-26-11-10-12-35(61-6)46(59)24-34(62-41(57)25-46)27(2)43-45(3,64-43)36(23-40(56)51(4)32-20-28(19-26)21-33(60-5)42(32)48)63-44(58)50-31-15-14-29(22-30(31)47)49-37(53)13-8-7-9-18-52-38(54)16-17-39(52)55/h9-11,14-15,19-21,26,33-35,43,60H,7-8,12-13,16-18,22-24H2,1-6H3,(H,49,53)(H,50,59);10-12,14-17,20-22,27,34-36,43,59H,7-9,13,18-19,23-25H2,1-6H3,(H,49,53)(H,50,58)/b11-9+,25-10+;12-10+,26-11+/t26-,33+,34-,35+,43+,45+,46-;27-,34+,35-,36+,43+,45+,46-/m11/s1. The molecule has 130 heavy (non-hydrogen) atoms. The normalized spacial score (nSPS) is 28.3. The Morgan fingerprint density at radius 1 is 0.531 bits per heavy atom. The number of benzene rings is 4. The van der Waals surface area contributed by atoms with Crippen molar-refractivity contribution in [3.63, 3.8) is 0 Å². The largest absolute Gasteiger partial charge is 0.495 e. The minimum absolute atomic E-state index is 0.0116. The lowest BCUT2D eigenvalue weighted by molar-refractivity contribution is -0.197. The third-order valence-electron chi connectivity index (χ3n) is 24.3. The number of epoxide rings is 2. The Labute approximate surface area is 771 Å². The van der Waals surface area contributed by atoms with Crippen molar-refractivity contribution in [3.8, 4) is 11.5 Å². The van der Waals surface area contributed by atoms with Crippen molar-refractivity contribution in [3.05, 3.63) is 152 Å². The van der Waals surface area contributed by atoms with Crippen LogP contribution in [0.2, 0.25) is 20.1 Å². The molecule has 0 radical (unpaired) electrons. The topological polar surface area (TPSA) is 432 Å². The molecule has 10 amide bonds. The maximum Gasteiger partial charge on any atom is 0.412 e. The van der Waals surface area contributed by atoms with Gasteiger partial charge in [0.25, 0.3) is 23.6 Å². The maximum absolute atomic E-state index is 14.2. The van der Waals surface area contributed by atoms with E-state index in [4.69, 9.17) is 98.6 Å². The first-order valence-electron chi connectivity index (χ1n) is 42.5. The number of unbranched alkanes of at least 4 members (excludes halogenated alkanes) is 3. The molecule has 34 nitrogen and oxygen atoms in total. The Kier molecular flexibility index (Phi) is 33.0.